The number of nitrogens with zero attached hydrogens (tertiary/aromatic N) is 1. The number of methoxy groups -OCH3 is 1. The summed E-state index contributed by atoms with van der Waals surface area (Å²) in [5, 5.41) is 9.89. The van der Waals surface area contributed by atoms with Crippen LogP contribution in [0, 0.1) is 0 Å². The predicted octanol–water partition coefficient (Wildman–Crippen LogP) is 1.26. The zero-order valence-electron chi connectivity index (χ0n) is 11.3. The van der Waals surface area contributed by atoms with E-state index < -0.39 is 5.60 Å². The quantitative estimate of drug-likeness (QED) is 0.789. The van der Waals surface area contributed by atoms with E-state index in [0.717, 1.165) is 0 Å². The monoisotopic (exact) mass is 264 g/mol. The highest BCUT2D eigenvalue weighted by atomic mass is 16.5. The molecule has 0 atom stereocenters. The molecule has 3 N–H and O–H groups in total. The maximum Gasteiger partial charge on any atom is 0.254 e. The van der Waals surface area contributed by atoms with E-state index in [0.29, 0.717) is 42.9 Å². The van der Waals surface area contributed by atoms with Gasteiger partial charge in [0.2, 0.25) is 0 Å². The molecule has 1 aliphatic heterocycles. The molecule has 5 heteroatoms. The van der Waals surface area contributed by atoms with Crippen molar-refractivity contribution in [3.63, 3.8) is 0 Å². The second-order valence-electron chi connectivity index (χ2n) is 5.28. The zero-order valence-corrected chi connectivity index (χ0v) is 11.3. The van der Waals surface area contributed by atoms with E-state index in [2.05, 4.69) is 0 Å². The third-order valence-corrected chi connectivity index (χ3v) is 3.54. The molecule has 0 aliphatic carbocycles. The minimum Gasteiger partial charge on any atom is -0.497 e. The molecule has 1 heterocycles. The number of ether oxygens (including phenoxy) is 1. The molecule has 1 aromatic rings. The Morgan fingerprint density at radius 3 is 2.58 bits per heavy atom. The predicted molar refractivity (Wildman–Crippen MR) is 73.2 cm³/mol. The second-order valence-corrected chi connectivity index (χ2v) is 5.28. The Hall–Kier alpha value is -1.75. The lowest BCUT2D eigenvalue weighted by molar-refractivity contribution is -0.00203. The first-order chi connectivity index (χ1) is 8.91. The van der Waals surface area contributed by atoms with Gasteiger partial charge in [-0.1, -0.05) is 0 Å². The molecule has 5 nitrogen and oxygen atoms in total. The van der Waals surface area contributed by atoms with Crippen LogP contribution >= 0.6 is 0 Å². The number of nitrogen functional groups attached to an aromatic ring is 1. The number of hydrogen-bond acceptors (Lipinski definition) is 4. The molecular formula is C14H20N2O3. The van der Waals surface area contributed by atoms with Crippen LogP contribution in [0.4, 0.5) is 5.69 Å². The summed E-state index contributed by atoms with van der Waals surface area (Å²) >= 11 is 0. The van der Waals surface area contributed by atoms with Crippen molar-refractivity contribution in [2.24, 2.45) is 0 Å². The number of carbonyl (C=O) groups is 1. The van der Waals surface area contributed by atoms with Gasteiger partial charge >= 0.3 is 0 Å². The van der Waals surface area contributed by atoms with Crippen LogP contribution in [0.3, 0.4) is 0 Å². The summed E-state index contributed by atoms with van der Waals surface area (Å²) in [6.07, 6.45) is 1.19. The minimum atomic E-state index is -0.663. The Morgan fingerprint density at radius 1 is 1.37 bits per heavy atom. The van der Waals surface area contributed by atoms with Crippen LogP contribution in [0.2, 0.25) is 0 Å². The van der Waals surface area contributed by atoms with Crippen molar-refractivity contribution in [2.75, 3.05) is 25.9 Å². The summed E-state index contributed by atoms with van der Waals surface area (Å²) in [5.74, 6) is 0.508. The van der Waals surface area contributed by atoms with Crippen LogP contribution < -0.4 is 10.5 Å². The molecule has 0 radical (unpaired) electrons. The Bertz CT molecular complexity index is 476. The van der Waals surface area contributed by atoms with Crippen molar-refractivity contribution in [3.8, 4) is 5.75 Å². The smallest absolute Gasteiger partial charge is 0.254 e. The van der Waals surface area contributed by atoms with Gasteiger partial charge in [0.1, 0.15) is 5.75 Å². The first-order valence-corrected chi connectivity index (χ1v) is 6.37. The molecule has 0 spiro atoms. The van der Waals surface area contributed by atoms with Crippen LogP contribution in [0.5, 0.6) is 5.75 Å². The van der Waals surface area contributed by atoms with Crippen molar-refractivity contribution in [1.82, 2.24) is 4.90 Å². The fourth-order valence-corrected chi connectivity index (χ4v) is 2.24. The number of hydrogen-bond donors (Lipinski definition) is 2. The molecule has 1 aromatic carbocycles. The van der Waals surface area contributed by atoms with Gasteiger partial charge in [0.25, 0.3) is 5.91 Å². The van der Waals surface area contributed by atoms with Crippen molar-refractivity contribution >= 4 is 11.6 Å². The van der Waals surface area contributed by atoms with E-state index in [1.807, 2.05) is 0 Å². The largest absolute Gasteiger partial charge is 0.497 e. The van der Waals surface area contributed by atoms with Gasteiger partial charge in [-0.2, -0.15) is 0 Å². The maximum atomic E-state index is 12.4. The lowest BCUT2D eigenvalue weighted by Crippen LogP contribution is -2.45. The highest BCUT2D eigenvalue weighted by Crippen LogP contribution is 2.24. The lowest BCUT2D eigenvalue weighted by Gasteiger charge is -2.35. The summed E-state index contributed by atoms with van der Waals surface area (Å²) in [7, 11) is 1.54. The molecule has 0 aromatic heterocycles. The number of rotatable bonds is 2. The fourth-order valence-electron chi connectivity index (χ4n) is 2.24. The standard InChI is InChI=1S/C14H20N2O3/c1-14(18)3-5-16(6-4-14)13(17)10-7-11(15)9-12(8-10)19-2/h7-9,18H,3-6,15H2,1-2H3. The van der Waals surface area contributed by atoms with Crippen LogP contribution in [-0.2, 0) is 0 Å². The second kappa shape index (κ2) is 5.09. The SMILES string of the molecule is COc1cc(N)cc(C(=O)N2CCC(C)(O)CC2)c1. The van der Waals surface area contributed by atoms with Crippen LogP contribution in [-0.4, -0.2) is 41.7 Å². The Balaban J connectivity index is 2.14. The van der Waals surface area contributed by atoms with Crippen LogP contribution in [0.25, 0.3) is 0 Å². The van der Waals surface area contributed by atoms with Gasteiger partial charge in [-0.25, -0.2) is 0 Å². The third kappa shape index (κ3) is 3.17. The highest BCUT2D eigenvalue weighted by Gasteiger charge is 2.30. The fraction of sp³-hybridized carbons (Fsp3) is 0.500. The molecule has 1 aliphatic rings. The summed E-state index contributed by atoms with van der Waals surface area (Å²) in [5.41, 5.74) is 6.12. The lowest BCUT2D eigenvalue weighted by atomic mass is 9.93. The number of likely N-dealkylation sites (tertiary alicyclic amines) is 1. The number of benzene rings is 1. The van der Waals surface area contributed by atoms with E-state index in [-0.39, 0.29) is 5.91 Å². The van der Waals surface area contributed by atoms with E-state index in [1.165, 1.54) is 0 Å². The molecule has 1 fully saturated rings. The summed E-state index contributed by atoms with van der Waals surface area (Å²) in [4.78, 5) is 14.1. The number of nitrogens with two attached hydrogens (primary N) is 1. The summed E-state index contributed by atoms with van der Waals surface area (Å²) in [6, 6.07) is 5.01. The topological polar surface area (TPSA) is 75.8 Å². The van der Waals surface area contributed by atoms with Gasteiger partial charge < -0.3 is 20.5 Å². The van der Waals surface area contributed by atoms with E-state index in [1.54, 1.807) is 37.1 Å². The number of aliphatic hydroxyl groups is 1. The van der Waals surface area contributed by atoms with E-state index in [9.17, 15) is 9.90 Å². The number of anilines is 1. The zero-order chi connectivity index (χ0) is 14.0. The first kappa shape index (κ1) is 13.7. The molecule has 0 unspecified atom stereocenters. The summed E-state index contributed by atoms with van der Waals surface area (Å²) in [6.45, 7) is 2.92. The van der Waals surface area contributed by atoms with Gasteiger partial charge in [-0.15, -0.1) is 0 Å². The Morgan fingerprint density at radius 2 is 2.00 bits per heavy atom. The minimum absolute atomic E-state index is 0.0684. The molecule has 0 bridgehead atoms. The highest BCUT2D eigenvalue weighted by molar-refractivity contribution is 5.95. The normalized spacial score (nSPS) is 18.2. The van der Waals surface area contributed by atoms with Crippen molar-refractivity contribution in [1.29, 1.82) is 0 Å². The Labute approximate surface area is 113 Å². The maximum absolute atomic E-state index is 12.4. The van der Waals surface area contributed by atoms with Crippen molar-refractivity contribution in [3.05, 3.63) is 23.8 Å². The van der Waals surface area contributed by atoms with Gasteiger partial charge in [-0.05, 0) is 31.9 Å². The Kier molecular flexibility index (Phi) is 3.66. The van der Waals surface area contributed by atoms with Crippen LogP contribution in [0.15, 0.2) is 18.2 Å². The van der Waals surface area contributed by atoms with Gasteiger partial charge in [0.05, 0.1) is 12.7 Å². The molecular weight excluding hydrogens is 244 g/mol. The number of amides is 1. The average Bonchev–Trinajstić information content (AvgIpc) is 2.37. The van der Waals surface area contributed by atoms with E-state index >= 15 is 0 Å². The molecule has 0 saturated carbocycles. The molecule has 1 saturated heterocycles. The third-order valence-electron chi connectivity index (χ3n) is 3.54. The average molecular weight is 264 g/mol. The molecule has 104 valence electrons. The van der Waals surface area contributed by atoms with Gasteiger partial charge in [0.15, 0.2) is 0 Å². The number of piperidine rings is 1. The molecule has 19 heavy (non-hydrogen) atoms. The van der Waals surface area contributed by atoms with Crippen LogP contribution in [0.1, 0.15) is 30.1 Å². The van der Waals surface area contributed by atoms with Crippen molar-refractivity contribution < 1.29 is 14.6 Å². The first-order valence-electron chi connectivity index (χ1n) is 6.37. The van der Waals surface area contributed by atoms with Gasteiger partial charge in [-0.3, -0.25) is 4.79 Å². The van der Waals surface area contributed by atoms with Gasteiger partial charge in [0, 0.05) is 30.4 Å². The van der Waals surface area contributed by atoms with Crippen molar-refractivity contribution in [2.45, 2.75) is 25.4 Å². The molecule has 1 amide bonds. The summed E-state index contributed by atoms with van der Waals surface area (Å²) < 4.78 is 5.12. The molecule has 2 rings (SSSR count). The number of carbonyl (C=O) groups excluding carboxylic acids is 1. The van der Waals surface area contributed by atoms with E-state index in [4.69, 9.17) is 10.5 Å².